The second-order valence-electron chi connectivity index (χ2n) is 5.90. The molecule has 122 valence electrons. The number of carbonyl (C=O) groups is 1. The van der Waals surface area contributed by atoms with Crippen molar-refractivity contribution in [3.05, 3.63) is 12.4 Å². The lowest BCUT2D eigenvalue weighted by molar-refractivity contribution is -0.153. The van der Waals surface area contributed by atoms with Crippen molar-refractivity contribution in [2.75, 3.05) is 31.7 Å². The van der Waals surface area contributed by atoms with Crippen molar-refractivity contribution >= 4 is 11.8 Å². The van der Waals surface area contributed by atoms with Crippen LogP contribution in [-0.2, 0) is 9.53 Å². The van der Waals surface area contributed by atoms with Gasteiger partial charge in [-0.3, -0.25) is 4.79 Å². The summed E-state index contributed by atoms with van der Waals surface area (Å²) in [5.74, 6) is 0.197. The molecule has 0 bridgehead atoms. The van der Waals surface area contributed by atoms with Crippen molar-refractivity contribution in [1.82, 2.24) is 9.97 Å². The minimum absolute atomic E-state index is 0.0246. The number of nitrogens with zero attached hydrogens (tertiary/aromatic N) is 3. The third-order valence-electron chi connectivity index (χ3n) is 3.74. The van der Waals surface area contributed by atoms with Gasteiger partial charge in [0, 0.05) is 32.6 Å². The predicted octanol–water partition coefficient (Wildman–Crippen LogP) is 1.58. The van der Waals surface area contributed by atoms with Gasteiger partial charge in [0.1, 0.15) is 5.41 Å². The van der Waals surface area contributed by atoms with E-state index in [1.807, 2.05) is 18.7 Å². The molecule has 1 aromatic heterocycles. The molecule has 0 spiro atoms. The first kappa shape index (κ1) is 16.5. The lowest BCUT2D eigenvalue weighted by Crippen LogP contribution is -2.50. The third kappa shape index (κ3) is 3.47. The maximum absolute atomic E-state index is 11.7. The summed E-state index contributed by atoms with van der Waals surface area (Å²) in [6.45, 7) is 5.08. The van der Waals surface area contributed by atoms with Crippen LogP contribution in [0.2, 0.25) is 0 Å². The van der Waals surface area contributed by atoms with Crippen LogP contribution in [0.1, 0.15) is 26.7 Å². The second-order valence-corrected chi connectivity index (χ2v) is 5.90. The lowest BCUT2D eigenvalue weighted by Gasteiger charge is -2.40. The largest absolute Gasteiger partial charge is 0.481 e. The van der Waals surface area contributed by atoms with Crippen molar-refractivity contribution < 1.29 is 19.4 Å². The molecule has 0 saturated carbocycles. The summed E-state index contributed by atoms with van der Waals surface area (Å²) in [5.41, 5.74) is -0.917. The Morgan fingerprint density at radius 2 is 2.18 bits per heavy atom. The summed E-state index contributed by atoms with van der Waals surface area (Å²) in [4.78, 5) is 22.2. The fourth-order valence-corrected chi connectivity index (χ4v) is 2.78. The van der Waals surface area contributed by atoms with Crippen LogP contribution in [0.25, 0.3) is 0 Å². The van der Waals surface area contributed by atoms with E-state index in [-0.39, 0.29) is 12.7 Å². The van der Waals surface area contributed by atoms with E-state index < -0.39 is 11.4 Å². The zero-order valence-electron chi connectivity index (χ0n) is 13.3. The molecule has 1 saturated heterocycles. The van der Waals surface area contributed by atoms with Crippen LogP contribution in [-0.4, -0.2) is 54.0 Å². The van der Waals surface area contributed by atoms with Crippen LogP contribution < -0.4 is 9.64 Å². The first-order valence-electron chi connectivity index (χ1n) is 7.43. The number of aliphatic carboxylic acids is 1. The van der Waals surface area contributed by atoms with E-state index in [4.69, 9.17) is 9.47 Å². The van der Waals surface area contributed by atoms with Crippen LogP contribution in [0.3, 0.4) is 0 Å². The molecule has 2 rings (SSSR count). The van der Waals surface area contributed by atoms with Crippen molar-refractivity contribution in [3.8, 4) is 5.88 Å². The summed E-state index contributed by atoms with van der Waals surface area (Å²) in [7, 11) is 1.53. The van der Waals surface area contributed by atoms with Gasteiger partial charge in [-0.2, -0.15) is 0 Å². The Kier molecular flexibility index (Phi) is 5.18. The molecule has 1 aromatic rings. The number of anilines is 1. The van der Waals surface area contributed by atoms with E-state index in [1.165, 1.54) is 7.11 Å². The quantitative estimate of drug-likeness (QED) is 0.854. The van der Waals surface area contributed by atoms with Crippen LogP contribution in [0, 0.1) is 5.41 Å². The number of piperidine rings is 1. The Morgan fingerprint density at radius 3 is 2.82 bits per heavy atom. The van der Waals surface area contributed by atoms with Gasteiger partial charge >= 0.3 is 5.97 Å². The monoisotopic (exact) mass is 309 g/mol. The Hall–Kier alpha value is -1.89. The van der Waals surface area contributed by atoms with Gasteiger partial charge < -0.3 is 19.5 Å². The van der Waals surface area contributed by atoms with Crippen molar-refractivity contribution in [1.29, 1.82) is 0 Å². The fraction of sp³-hybridized carbons (Fsp3) is 0.667. The van der Waals surface area contributed by atoms with E-state index in [2.05, 4.69) is 9.97 Å². The molecule has 2 heterocycles. The fourth-order valence-electron chi connectivity index (χ4n) is 2.78. The normalized spacial score (nSPS) is 21.9. The number of hydrogen-bond acceptors (Lipinski definition) is 6. The zero-order chi connectivity index (χ0) is 16.2. The van der Waals surface area contributed by atoms with Crippen molar-refractivity contribution in [3.63, 3.8) is 0 Å². The van der Waals surface area contributed by atoms with Gasteiger partial charge in [0.25, 0.3) is 5.88 Å². The van der Waals surface area contributed by atoms with Gasteiger partial charge in [-0.25, -0.2) is 9.97 Å². The maximum Gasteiger partial charge on any atom is 0.313 e. The van der Waals surface area contributed by atoms with Gasteiger partial charge in [0.15, 0.2) is 5.82 Å². The summed E-state index contributed by atoms with van der Waals surface area (Å²) in [6.07, 6.45) is 4.49. The van der Waals surface area contributed by atoms with E-state index in [1.54, 1.807) is 12.4 Å². The average Bonchev–Trinajstić information content (AvgIpc) is 2.47. The number of ether oxygens (including phenoxy) is 2. The third-order valence-corrected chi connectivity index (χ3v) is 3.74. The van der Waals surface area contributed by atoms with Crippen LogP contribution in [0.15, 0.2) is 12.4 Å². The van der Waals surface area contributed by atoms with E-state index in [0.29, 0.717) is 24.7 Å². The highest BCUT2D eigenvalue weighted by Crippen LogP contribution is 2.35. The molecule has 7 nitrogen and oxygen atoms in total. The van der Waals surface area contributed by atoms with E-state index in [0.717, 1.165) is 13.0 Å². The van der Waals surface area contributed by atoms with Crippen molar-refractivity contribution in [2.45, 2.75) is 32.8 Å². The standard InChI is InChI=1S/C15H23N3O4/c1-11(2)22-13-12(16-6-7-17-13)18-8-4-5-15(9-18,10-21-3)14(19)20/h6-7,11H,4-5,8-10H2,1-3H3,(H,19,20). The van der Waals surface area contributed by atoms with Gasteiger partial charge in [-0.05, 0) is 26.7 Å². The summed E-state index contributed by atoms with van der Waals surface area (Å²) >= 11 is 0. The first-order chi connectivity index (χ1) is 10.5. The highest BCUT2D eigenvalue weighted by Gasteiger charge is 2.43. The smallest absolute Gasteiger partial charge is 0.313 e. The predicted molar refractivity (Wildman–Crippen MR) is 81.2 cm³/mol. The molecule has 22 heavy (non-hydrogen) atoms. The van der Waals surface area contributed by atoms with E-state index in [9.17, 15) is 9.90 Å². The first-order valence-corrected chi connectivity index (χ1v) is 7.43. The van der Waals surface area contributed by atoms with Crippen LogP contribution in [0.4, 0.5) is 5.82 Å². The summed E-state index contributed by atoms with van der Waals surface area (Å²) in [6, 6.07) is 0. The van der Waals surface area contributed by atoms with E-state index >= 15 is 0 Å². The average molecular weight is 309 g/mol. The van der Waals surface area contributed by atoms with Gasteiger partial charge in [-0.15, -0.1) is 0 Å². The minimum atomic E-state index is -0.917. The molecule has 1 N–H and O–H groups in total. The SMILES string of the molecule is COCC1(C(=O)O)CCCN(c2nccnc2OC(C)C)C1. The number of aromatic nitrogens is 2. The van der Waals surface area contributed by atoms with Gasteiger partial charge in [-0.1, -0.05) is 0 Å². The molecule has 0 aliphatic carbocycles. The molecule has 0 aromatic carbocycles. The van der Waals surface area contributed by atoms with Gasteiger partial charge in [0.05, 0.1) is 12.7 Å². The molecule has 1 aliphatic rings. The van der Waals surface area contributed by atoms with Crippen LogP contribution >= 0.6 is 0 Å². The summed E-state index contributed by atoms with van der Waals surface area (Å²) < 4.78 is 10.8. The molecule has 1 atom stereocenters. The van der Waals surface area contributed by atoms with Crippen LogP contribution in [0.5, 0.6) is 5.88 Å². The zero-order valence-corrected chi connectivity index (χ0v) is 13.3. The molecule has 7 heteroatoms. The highest BCUT2D eigenvalue weighted by molar-refractivity contribution is 5.76. The molecule has 1 unspecified atom stereocenters. The number of methoxy groups -OCH3 is 1. The molecule has 1 fully saturated rings. The highest BCUT2D eigenvalue weighted by atomic mass is 16.5. The molecule has 0 amide bonds. The number of carboxylic acids is 1. The number of carboxylic acid groups (broad SMARTS) is 1. The number of hydrogen-bond donors (Lipinski definition) is 1. The summed E-state index contributed by atoms with van der Waals surface area (Å²) in [5, 5.41) is 9.63. The Balaban J connectivity index is 2.27. The molecular weight excluding hydrogens is 286 g/mol. The van der Waals surface area contributed by atoms with Gasteiger partial charge in [0.2, 0.25) is 0 Å². The lowest BCUT2D eigenvalue weighted by atomic mass is 9.80. The maximum atomic E-state index is 11.7. The Labute approximate surface area is 130 Å². The molecule has 1 aliphatic heterocycles. The number of rotatable bonds is 6. The molecule has 0 radical (unpaired) electrons. The van der Waals surface area contributed by atoms with Crippen molar-refractivity contribution in [2.24, 2.45) is 5.41 Å². The second kappa shape index (κ2) is 6.91. The Morgan fingerprint density at radius 1 is 1.45 bits per heavy atom. The topological polar surface area (TPSA) is 84.8 Å². The molecular formula is C15H23N3O4. The minimum Gasteiger partial charge on any atom is -0.481 e. The Bertz CT molecular complexity index is 519.